The van der Waals surface area contributed by atoms with E-state index in [1.165, 1.54) is 11.1 Å². The van der Waals surface area contributed by atoms with Gasteiger partial charge in [0.2, 0.25) is 0 Å². The quantitative estimate of drug-likeness (QED) is 0.360. The van der Waals surface area contributed by atoms with Crippen molar-refractivity contribution in [1.82, 2.24) is 20.6 Å². The Hall–Kier alpha value is -1.49. The summed E-state index contributed by atoms with van der Waals surface area (Å²) in [7, 11) is 1.76. The van der Waals surface area contributed by atoms with Gasteiger partial charge in [-0.1, -0.05) is 6.92 Å². The molecule has 0 radical (unpaired) electrons. The van der Waals surface area contributed by atoms with E-state index in [9.17, 15) is 4.39 Å². The number of hydrogen-bond donors (Lipinski definition) is 2. The molecule has 1 unspecified atom stereocenters. The molecule has 0 aliphatic carbocycles. The van der Waals surface area contributed by atoms with Gasteiger partial charge in [0.15, 0.2) is 17.6 Å². The first-order valence-electron chi connectivity index (χ1n) is 8.95. The van der Waals surface area contributed by atoms with Gasteiger partial charge in [-0.2, -0.15) is 0 Å². The standard InChI is InChI=1S/C18H25FN6S.HI/c1-3-16-23-14(12-26-16)6-9-22-18(20-2)24-13-7-10-25(11-13)17-15(19)5-4-8-21-17;/h4-5,8,12-13H,3,6-7,9-11H2,1-2H3,(H2,20,22,24);1H. The molecule has 0 aromatic carbocycles. The normalized spacial score (nSPS) is 16.9. The van der Waals surface area contributed by atoms with E-state index in [4.69, 9.17) is 0 Å². The van der Waals surface area contributed by atoms with Crippen molar-refractivity contribution in [2.45, 2.75) is 32.2 Å². The molecule has 1 fully saturated rings. The van der Waals surface area contributed by atoms with Crippen molar-refractivity contribution in [2.75, 3.05) is 31.6 Å². The maximum atomic E-state index is 13.9. The largest absolute Gasteiger partial charge is 0.356 e. The second-order valence-electron chi connectivity index (χ2n) is 6.22. The summed E-state index contributed by atoms with van der Waals surface area (Å²) >= 11 is 1.71. The summed E-state index contributed by atoms with van der Waals surface area (Å²) in [5, 5.41) is 10.0. The average Bonchev–Trinajstić information content (AvgIpc) is 3.30. The first-order chi connectivity index (χ1) is 12.7. The number of halogens is 2. The Balaban J connectivity index is 0.00000261. The van der Waals surface area contributed by atoms with Crippen LogP contribution >= 0.6 is 35.3 Å². The van der Waals surface area contributed by atoms with E-state index < -0.39 is 0 Å². The van der Waals surface area contributed by atoms with E-state index >= 15 is 0 Å². The van der Waals surface area contributed by atoms with Gasteiger partial charge < -0.3 is 15.5 Å². The summed E-state index contributed by atoms with van der Waals surface area (Å²) < 4.78 is 13.9. The summed E-state index contributed by atoms with van der Waals surface area (Å²) in [5.41, 5.74) is 1.12. The minimum atomic E-state index is -0.273. The lowest BCUT2D eigenvalue weighted by atomic mass is 10.3. The SMILES string of the molecule is CCc1nc(CCNC(=NC)NC2CCN(c3ncccc3F)C2)cs1.I. The van der Waals surface area contributed by atoms with Gasteiger partial charge in [-0.3, -0.25) is 4.99 Å². The van der Waals surface area contributed by atoms with Crippen LogP contribution in [0.15, 0.2) is 28.7 Å². The highest BCUT2D eigenvalue weighted by Crippen LogP contribution is 2.20. The van der Waals surface area contributed by atoms with Crippen LogP contribution in [0.4, 0.5) is 10.2 Å². The number of nitrogens with one attached hydrogen (secondary N) is 2. The third kappa shape index (κ3) is 6.00. The predicted octanol–water partition coefficient (Wildman–Crippen LogP) is 2.84. The van der Waals surface area contributed by atoms with E-state index in [-0.39, 0.29) is 35.8 Å². The van der Waals surface area contributed by atoms with Crippen LogP contribution in [0.25, 0.3) is 0 Å². The number of anilines is 1. The lowest BCUT2D eigenvalue weighted by Crippen LogP contribution is -2.45. The Morgan fingerprint density at radius 3 is 3.04 bits per heavy atom. The minimum Gasteiger partial charge on any atom is -0.356 e. The Labute approximate surface area is 180 Å². The Morgan fingerprint density at radius 1 is 1.48 bits per heavy atom. The van der Waals surface area contributed by atoms with Gasteiger partial charge in [-0.25, -0.2) is 14.4 Å². The molecule has 148 valence electrons. The molecule has 0 saturated carbocycles. The monoisotopic (exact) mass is 504 g/mol. The highest BCUT2D eigenvalue weighted by atomic mass is 127. The molecule has 0 bridgehead atoms. The fourth-order valence-electron chi connectivity index (χ4n) is 3.00. The predicted molar refractivity (Wildman–Crippen MR) is 120 cm³/mol. The second kappa shape index (κ2) is 10.7. The van der Waals surface area contributed by atoms with E-state index in [0.717, 1.165) is 44.0 Å². The molecule has 0 spiro atoms. The summed E-state index contributed by atoms with van der Waals surface area (Å²) in [6.07, 6.45) is 4.40. The average molecular weight is 504 g/mol. The third-order valence-electron chi connectivity index (χ3n) is 4.37. The van der Waals surface area contributed by atoms with E-state index in [2.05, 4.69) is 37.9 Å². The molecule has 9 heteroatoms. The number of nitrogens with zero attached hydrogens (tertiary/aromatic N) is 4. The Morgan fingerprint density at radius 2 is 2.33 bits per heavy atom. The van der Waals surface area contributed by atoms with Crippen molar-refractivity contribution < 1.29 is 4.39 Å². The minimum absolute atomic E-state index is 0. The van der Waals surface area contributed by atoms with Crippen LogP contribution in [-0.4, -0.2) is 48.7 Å². The van der Waals surface area contributed by atoms with Crippen LogP contribution in [0, 0.1) is 5.82 Å². The molecule has 1 saturated heterocycles. The number of thiazole rings is 1. The maximum absolute atomic E-state index is 13.9. The highest BCUT2D eigenvalue weighted by Gasteiger charge is 2.25. The number of aromatic nitrogens is 2. The van der Waals surface area contributed by atoms with Crippen molar-refractivity contribution in [3.8, 4) is 0 Å². The first kappa shape index (κ1) is 21.8. The Bertz CT molecular complexity index is 753. The number of guanidine groups is 1. The highest BCUT2D eigenvalue weighted by molar-refractivity contribution is 14.0. The number of aryl methyl sites for hydroxylation is 1. The molecule has 0 amide bonds. The van der Waals surface area contributed by atoms with Gasteiger partial charge in [-0.15, -0.1) is 35.3 Å². The van der Waals surface area contributed by atoms with Crippen molar-refractivity contribution >= 4 is 47.1 Å². The molecule has 3 heterocycles. The van der Waals surface area contributed by atoms with E-state index in [1.807, 2.05) is 4.90 Å². The van der Waals surface area contributed by atoms with Crippen LogP contribution in [0.3, 0.4) is 0 Å². The number of hydrogen-bond acceptors (Lipinski definition) is 5. The van der Waals surface area contributed by atoms with Gasteiger partial charge in [0.1, 0.15) is 0 Å². The Kier molecular flexibility index (Phi) is 8.68. The fraction of sp³-hybridized carbons (Fsp3) is 0.500. The molecular formula is C18H26FIN6S. The van der Waals surface area contributed by atoms with E-state index in [0.29, 0.717) is 12.4 Å². The van der Waals surface area contributed by atoms with Gasteiger partial charge in [0, 0.05) is 50.7 Å². The van der Waals surface area contributed by atoms with Crippen molar-refractivity contribution in [3.05, 3.63) is 40.2 Å². The van der Waals surface area contributed by atoms with Gasteiger partial charge >= 0.3 is 0 Å². The zero-order valence-corrected chi connectivity index (χ0v) is 18.8. The zero-order valence-electron chi connectivity index (χ0n) is 15.6. The fourth-order valence-corrected chi connectivity index (χ4v) is 3.78. The van der Waals surface area contributed by atoms with Crippen LogP contribution in [-0.2, 0) is 12.8 Å². The number of pyridine rings is 1. The molecule has 2 aromatic rings. The van der Waals surface area contributed by atoms with Crippen LogP contribution in [0.2, 0.25) is 0 Å². The topological polar surface area (TPSA) is 65.4 Å². The van der Waals surface area contributed by atoms with Crippen molar-refractivity contribution in [3.63, 3.8) is 0 Å². The lowest BCUT2D eigenvalue weighted by molar-refractivity contribution is 0.612. The summed E-state index contributed by atoms with van der Waals surface area (Å²) in [4.78, 5) is 15.0. The molecular weight excluding hydrogens is 478 g/mol. The third-order valence-corrected chi connectivity index (χ3v) is 5.41. The molecule has 1 atom stereocenters. The summed E-state index contributed by atoms with van der Waals surface area (Å²) in [5.74, 6) is 0.921. The van der Waals surface area contributed by atoms with Crippen molar-refractivity contribution in [1.29, 1.82) is 0 Å². The molecule has 6 nitrogen and oxygen atoms in total. The molecule has 3 rings (SSSR count). The molecule has 1 aliphatic heterocycles. The zero-order chi connectivity index (χ0) is 18.4. The summed E-state index contributed by atoms with van der Waals surface area (Å²) in [6, 6.07) is 3.28. The molecule has 1 aliphatic rings. The maximum Gasteiger partial charge on any atom is 0.191 e. The number of aliphatic imine (C=N–C) groups is 1. The second-order valence-corrected chi connectivity index (χ2v) is 7.16. The smallest absolute Gasteiger partial charge is 0.191 e. The molecule has 2 aromatic heterocycles. The van der Waals surface area contributed by atoms with Crippen molar-refractivity contribution in [2.24, 2.45) is 4.99 Å². The van der Waals surface area contributed by atoms with E-state index in [1.54, 1.807) is 30.6 Å². The van der Waals surface area contributed by atoms with Gasteiger partial charge in [0.05, 0.1) is 10.7 Å². The molecule has 27 heavy (non-hydrogen) atoms. The first-order valence-corrected chi connectivity index (χ1v) is 9.83. The summed E-state index contributed by atoms with van der Waals surface area (Å²) in [6.45, 7) is 4.38. The van der Waals surface area contributed by atoms with Crippen LogP contribution < -0.4 is 15.5 Å². The van der Waals surface area contributed by atoms with Crippen LogP contribution in [0.5, 0.6) is 0 Å². The number of rotatable bonds is 6. The molecule has 2 N–H and O–H groups in total. The van der Waals surface area contributed by atoms with Gasteiger partial charge in [-0.05, 0) is 25.0 Å². The van der Waals surface area contributed by atoms with Gasteiger partial charge in [0.25, 0.3) is 0 Å². The van der Waals surface area contributed by atoms with Crippen LogP contribution in [0.1, 0.15) is 24.0 Å². The lowest BCUT2D eigenvalue weighted by Gasteiger charge is -2.19.